The van der Waals surface area contributed by atoms with Gasteiger partial charge in [-0.3, -0.25) is 4.79 Å². The van der Waals surface area contributed by atoms with Gasteiger partial charge in [-0.05, 0) is 63.6 Å². The molecule has 0 saturated heterocycles. The predicted octanol–water partition coefficient (Wildman–Crippen LogP) is 4.68. The number of nitrogens with zero attached hydrogens (tertiary/aromatic N) is 2. The minimum Gasteiger partial charge on any atom is -0.490 e. The first-order valence-corrected chi connectivity index (χ1v) is 9.10. The molecule has 1 amide bonds. The Kier molecular flexibility index (Phi) is 5.60. The van der Waals surface area contributed by atoms with E-state index in [1.54, 1.807) is 0 Å². The van der Waals surface area contributed by atoms with Crippen molar-refractivity contribution in [1.82, 2.24) is 0 Å². The Bertz CT molecular complexity index is 886. The molecule has 0 fully saturated rings. The highest BCUT2D eigenvalue weighted by Gasteiger charge is 2.28. The third-order valence-electron chi connectivity index (χ3n) is 4.00. The van der Waals surface area contributed by atoms with Gasteiger partial charge in [-0.15, -0.1) is 0 Å². The molecule has 0 unspecified atom stereocenters. The summed E-state index contributed by atoms with van der Waals surface area (Å²) in [6, 6.07) is 15.1. The molecule has 3 rings (SSSR count). The first-order valence-electron chi connectivity index (χ1n) is 9.10. The van der Waals surface area contributed by atoms with Crippen LogP contribution in [0.1, 0.15) is 33.3 Å². The largest absolute Gasteiger partial charge is 0.490 e. The number of carbonyl (C=O) groups is 1. The van der Waals surface area contributed by atoms with Gasteiger partial charge in [-0.25, -0.2) is 0 Å². The molecule has 27 heavy (non-hydrogen) atoms. The van der Waals surface area contributed by atoms with Crippen LogP contribution in [-0.2, 0) is 4.79 Å². The van der Waals surface area contributed by atoms with E-state index in [4.69, 9.17) is 9.47 Å². The fraction of sp³-hybridized carbons (Fsp3) is 0.273. The average molecular weight is 364 g/mol. The number of hydrogen-bond acceptors (Lipinski definition) is 4. The Morgan fingerprint density at radius 1 is 1.11 bits per heavy atom. The van der Waals surface area contributed by atoms with Crippen LogP contribution < -0.4 is 14.5 Å². The van der Waals surface area contributed by atoms with Gasteiger partial charge in [0.25, 0.3) is 5.91 Å². The molecule has 2 aromatic carbocycles. The van der Waals surface area contributed by atoms with E-state index in [0.29, 0.717) is 29.4 Å². The molecule has 140 valence electrons. The molecular formula is C22H24N2O3. The van der Waals surface area contributed by atoms with Crippen molar-refractivity contribution in [3.05, 3.63) is 59.7 Å². The molecule has 0 N–H and O–H groups in total. The number of hydrazone groups is 1. The van der Waals surface area contributed by atoms with Crippen LogP contribution in [0.3, 0.4) is 0 Å². The lowest BCUT2D eigenvalue weighted by Gasteiger charge is -2.15. The van der Waals surface area contributed by atoms with Crippen molar-refractivity contribution < 1.29 is 14.3 Å². The first kappa shape index (κ1) is 18.7. The molecule has 0 bridgehead atoms. The molecule has 5 nitrogen and oxygen atoms in total. The molecular weight excluding hydrogens is 340 g/mol. The SMILES string of the molecule is CCOc1cc(/C=C2\C(=O)N(c3ccccc3)N=C2C)ccc1OC(C)C. The fourth-order valence-corrected chi connectivity index (χ4v) is 2.83. The molecule has 0 saturated carbocycles. The van der Waals surface area contributed by atoms with Gasteiger partial charge >= 0.3 is 0 Å². The van der Waals surface area contributed by atoms with E-state index in [9.17, 15) is 4.79 Å². The summed E-state index contributed by atoms with van der Waals surface area (Å²) in [6.45, 7) is 8.25. The van der Waals surface area contributed by atoms with E-state index in [1.165, 1.54) is 5.01 Å². The Morgan fingerprint density at radius 2 is 1.85 bits per heavy atom. The number of carbonyl (C=O) groups excluding carboxylic acids is 1. The average Bonchev–Trinajstić information content (AvgIpc) is 2.92. The lowest BCUT2D eigenvalue weighted by molar-refractivity contribution is -0.114. The molecule has 2 aromatic rings. The standard InChI is InChI=1S/C22H24N2O3/c1-5-26-21-14-17(11-12-20(21)27-15(2)3)13-19-16(4)23-24(22(19)25)18-9-7-6-8-10-18/h6-15H,5H2,1-4H3/b19-13-. The van der Waals surface area contributed by atoms with E-state index in [1.807, 2.05) is 82.3 Å². The van der Waals surface area contributed by atoms with E-state index < -0.39 is 0 Å². The second-order valence-corrected chi connectivity index (χ2v) is 6.50. The molecule has 0 spiro atoms. The van der Waals surface area contributed by atoms with E-state index in [2.05, 4.69) is 5.10 Å². The van der Waals surface area contributed by atoms with Crippen LogP contribution >= 0.6 is 0 Å². The summed E-state index contributed by atoms with van der Waals surface area (Å²) in [7, 11) is 0. The van der Waals surface area contributed by atoms with Gasteiger partial charge in [-0.1, -0.05) is 24.3 Å². The molecule has 0 atom stereocenters. The Hall–Kier alpha value is -3.08. The highest BCUT2D eigenvalue weighted by Crippen LogP contribution is 2.31. The van der Waals surface area contributed by atoms with Crippen molar-refractivity contribution in [2.24, 2.45) is 5.10 Å². The minimum atomic E-state index is -0.140. The van der Waals surface area contributed by atoms with E-state index in [0.717, 1.165) is 11.3 Å². The van der Waals surface area contributed by atoms with Crippen LogP contribution in [0.4, 0.5) is 5.69 Å². The van der Waals surface area contributed by atoms with Crippen LogP contribution in [0.5, 0.6) is 11.5 Å². The molecule has 5 heteroatoms. The lowest BCUT2D eigenvalue weighted by Crippen LogP contribution is -2.21. The van der Waals surface area contributed by atoms with Gasteiger partial charge in [0.15, 0.2) is 11.5 Å². The zero-order valence-electron chi connectivity index (χ0n) is 16.1. The number of hydrogen-bond donors (Lipinski definition) is 0. The zero-order valence-corrected chi connectivity index (χ0v) is 16.1. The first-order chi connectivity index (χ1) is 13.0. The summed E-state index contributed by atoms with van der Waals surface area (Å²) >= 11 is 0. The van der Waals surface area contributed by atoms with E-state index in [-0.39, 0.29) is 12.0 Å². The normalized spacial score (nSPS) is 15.4. The maximum absolute atomic E-state index is 12.8. The highest BCUT2D eigenvalue weighted by atomic mass is 16.5. The third kappa shape index (κ3) is 4.19. The van der Waals surface area contributed by atoms with Crippen LogP contribution in [0.2, 0.25) is 0 Å². The molecule has 1 aliphatic heterocycles. The lowest BCUT2D eigenvalue weighted by atomic mass is 10.1. The molecule has 1 aliphatic rings. The Labute approximate surface area is 159 Å². The minimum absolute atomic E-state index is 0.0543. The molecule has 0 radical (unpaired) electrons. The Balaban J connectivity index is 1.91. The second-order valence-electron chi connectivity index (χ2n) is 6.50. The van der Waals surface area contributed by atoms with Gasteiger partial charge in [0.1, 0.15) is 0 Å². The molecule has 0 aromatic heterocycles. The maximum atomic E-state index is 12.8. The van der Waals surface area contributed by atoms with Gasteiger partial charge in [0, 0.05) is 0 Å². The number of ether oxygens (including phenoxy) is 2. The zero-order chi connectivity index (χ0) is 19.4. The summed E-state index contributed by atoms with van der Waals surface area (Å²) < 4.78 is 11.5. The number of anilines is 1. The topological polar surface area (TPSA) is 51.1 Å². The van der Waals surface area contributed by atoms with Crippen LogP contribution in [0, 0.1) is 0 Å². The van der Waals surface area contributed by atoms with Crippen molar-refractivity contribution in [3.63, 3.8) is 0 Å². The van der Waals surface area contributed by atoms with Crippen molar-refractivity contribution in [1.29, 1.82) is 0 Å². The van der Waals surface area contributed by atoms with Gasteiger partial charge in [0.2, 0.25) is 0 Å². The van der Waals surface area contributed by atoms with Crippen LogP contribution in [0.25, 0.3) is 6.08 Å². The van der Waals surface area contributed by atoms with Crippen LogP contribution in [-0.4, -0.2) is 24.3 Å². The molecule has 0 aliphatic carbocycles. The fourth-order valence-electron chi connectivity index (χ4n) is 2.83. The summed E-state index contributed by atoms with van der Waals surface area (Å²) in [4.78, 5) is 12.8. The van der Waals surface area contributed by atoms with Gasteiger partial charge in [0.05, 0.1) is 29.7 Å². The summed E-state index contributed by atoms with van der Waals surface area (Å²) in [5.74, 6) is 1.22. The van der Waals surface area contributed by atoms with Gasteiger partial charge < -0.3 is 9.47 Å². The highest BCUT2D eigenvalue weighted by molar-refractivity contribution is 6.32. The predicted molar refractivity (Wildman–Crippen MR) is 108 cm³/mol. The quantitative estimate of drug-likeness (QED) is 0.700. The number of amides is 1. The monoisotopic (exact) mass is 364 g/mol. The van der Waals surface area contributed by atoms with Crippen molar-refractivity contribution in [2.45, 2.75) is 33.8 Å². The summed E-state index contributed by atoms with van der Waals surface area (Å²) in [5.41, 5.74) is 2.87. The van der Waals surface area contributed by atoms with Crippen molar-refractivity contribution >= 4 is 23.4 Å². The number of rotatable bonds is 6. The van der Waals surface area contributed by atoms with Crippen LogP contribution in [0.15, 0.2) is 59.2 Å². The number of para-hydroxylation sites is 1. The van der Waals surface area contributed by atoms with Crippen molar-refractivity contribution in [2.75, 3.05) is 11.6 Å². The van der Waals surface area contributed by atoms with E-state index >= 15 is 0 Å². The van der Waals surface area contributed by atoms with Crippen molar-refractivity contribution in [3.8, 4) is 11.5 Å². The Morgan fingerprint density at radius 3 is 2.52 bits per heavy atom. The summed E-state index contributed by atoms with van der Waals surface area (Å²) in [5, 5.41) is 5.84. The molecule has 1 heterocycles. The third-order valence-corrected chi connectivity index (χ3v) is 4.00. The summed E-state index contributed by atoms with van der Waals surface area (Å²) in [6.07, 6.45) is 1.89. The second kappa shape index (κ2) is 8.08. The maximum Gasteiger partial charge on any atom is 0.280 e. The smallest absolute Gasteiger partial charge is 0.280 e. The van der Waals surface area contributed by atoms with Gasteiger partial charge in [-0.2, -0.15) is 10.1 Å². The number of benzene rings is 2.